The van der Waals surface area contributed by atoms with Crippen LogP contribution in [-0.2, 0) is 7.05 Å². The van der Waals surface area contributed by atoms with Gasteiger partial charge in [0.05, 0.1) is 11.0 Å². The lowest BCUT2D eigenvalue weighted by molar-refractivity contribution is 0.407. The second kappa shape index (κ2) is 5.78. The van der Waals surface area contributed by atoms with E-state index < -0.39 is 0 Å². The highest BCUT2D eigenvalue weighted by Crippen LogP contribution is 2.28. The molecule has 1 N–H and O–H groups in total. The maximum absolute atomic E-state index is 4.81. The van der Waals surface area contributed by atoms with E-state index in [4.69, 9.17) is 4.98 Å². The van der Waals surface area contributed by atoms with Gasteiger partial charge in [-0.25, -0.2) is 4.98 Å². The fraction of sp³-hybridized carbons (Fsp3) is 0.562. The van der Waals surface area contributed by atoms with Gasteiger partial charge in [0, 0.05) is 12.8 Å². The van der Waals surface area contributed by atoms with Crippen molar-refractivity contribution in [3.05, 3.63) is 23.3 Å². The summed E-state index contributed by atoms with van der Waals surface area (Å²) < 4.78 is 2.24. The smallest absolute Gasteiger partial charge is 0.168 e. The van der Waals surface area contributed by atoms with Crippen molar-refractivity contribution in [2.45, 2.75) is 31.8 Å². The Balaban J connectivity index is 1.79. The standard InChI is InChI=1S/C16H23N3S/c1-11-8-14-15(9-12(11)2)19(3)16(18-14)20-10-13-4-6-17-7-5-13/h8-9,13,17H,4-7,10H2,1-3H3. The van der Waals surface area contributed by atoms with Gasteiger partial charge in [-0.1, -0.05) is 11.8 Å². The zero-order valence-electron chi connectivity index (χ0n) is 12.6. The summed E-state index contributed by atoms with van der Waals surface area (Å²) in [6.07, 6.45) is 2.60. The molecule has 3 rings (SSSR count). The summed E-state index contributed by atoms with van der Waals surface area (Å²) in [5.74, 6) is 2.03. The van der Waals surface area contributed by atoms with E-state index in [1.807, 2.05) is 11.8 Å². The highest BCUT2D eigenvalue weighted by atomic mass is 32.2. The monoisotopic (exact) mass is 289 g/mol. The average Bonchev–Trinajstić information content (AvgIpc) is 2.75. The maximum atomic E-state index is 4.81. The van der Waals surface area contributed by atoms with E-state index in [0.29, 0.717) is 0 Å². The number of benzene rings is 1. The summed E-state index contributed by atoms with van der Waals surface area (Å²) in [7, 11) is 2.13. The highest BCUT2D eigenvalue weighted by Gasteiger charge is 2.15. The van der Waals surface area contributed by atoms with Crippen LogP contribution in [-0.4, -0.2) is 28.4 Å². The third kappa shape index (κ3) is 2.72. The van der Waals surface area contributed by atoms with E-state index in [-0.39, 0.29) is 0 Å². The molecule has 1 saturated heterocycles. The van der Waals surface area contributed by atoms with Gasteiger partial charge in [0.15, 0.2) is 5.16 Å². The molecule has 2 aromatic rings. The van der Waals surface area contributed by atoms with E-state index >= 15 is 0 Å². The number of fused-ring (bicyclic) bond motifs is 1. The van der Waals surface area contributed by atoms with Gasteiger partial charge >= 0.3 is 0 Å². The molecule has 0 spiro atoms. The molecule has 3 nitrogen and oxygen atoms in total. The number of aromatic nitrogens is 2. The Labute approximate surface area is 125 Å². The number of hydrogen-bond acceptors (Lipinski definition) is 3. The Bertz CT molecular complexity index is 612. The second-order valence-electron chi connectivity index (χ2n) is 5.88. The van der Waals surface area contributed by atoms with Gasteiger partial charge in [-0.05, 0) is 69.0 Å². The van der Waals surface area contributed by atoms with Crippen LogP contribution in [0.25, 0.3) is 11.0 Å². The van der Waals surface area contributed by atoms with Gasteiger partial charge < -0.3 is 9.88 Å². The van der Waals surface area contributed by atoms with Crippen LogP contribution in [0.15, 0.2) is 17.3 Å². The van der Waals surface area contributed by atoms with Crippen molar-refractivity contribution >= 4 is 22.8 Å². The fourth-order valence-electron chi connectivity index (χ4n) is 2.79. The van der Waals surface area contributed by atoms with Crippen LogP contribution in [0.1, 0.15) is 24.0 Å². The zero-order chi connectivity index (χ0) is 14.1. The molecule has 1 aromatic heterocycles. The van der Waals surface area contributed by atoms with E-state index in [1.54, 1.807) is 0 Å². The van der Waals surface area contributed by atoms with Gasteiger partial charge in [0.25, 0.3) is 0 Å². The molecule has 1 aliphatic heterocycles. The number of hydrogen-bond donors (Lipinski definition) is 1. The summed E-state index contributed by atoms with van der Waals surface area (Å²) >= 11 is 1.92. The number of piperidine rings is 1. The highest BCUT2D eigenvalue weighted by molar-refractivity contribution is 7.99. The predicted octanol–water partition coefficient (Wildman–Crippen LogP) is 3.28. The third-order valence-electron chi connectivity index (χ3n) is 4.36. The van der Waals surface area contributed by atoms with Crippen LogP contribution in [0.4, 0.5) is 0 Å². The molecule has 0 atom stereocenters. The number of imidazole rings is 1. The number of nitrogens with zero attached hydrogens (tertiary/aromatic N) is 2. The fourth-order valence-corrected chi connectivity index (χ4v) is 3.97. The van der Waals surface area contributed by atoms with Crippen molar-refractivity contribution < 1.29 is 0 Å². The first-order chi connectivity index (χ1) is 9.65. The molecule has 1 aromatic carbocycles. The molecule has 0 radical (unpaired) electrons. The second-order valence-corrected chi connectivity index (χ2v) is 6.87. The van der Waals surface area contributed by atoms with Crippen molar-refractivity contribution in [2.24, 2.45) is 13.0 Å². The molecule has 108 valence electrons. The van der Waals surface area contributed by atoms with Gasteiger partial charge in [0.2, 0.25) is 0 Å². The summed E-state index contributed by atoms with van der Waals surface area (Å²) in [5.41, 5.74) is 5.05. The van der Waals surface area contributed by atoms with Gasteiger partial charge in [-0.15, -0.1) is 0 Å². The lowest BCUT2D eigenvalue weighted by Gasteiger charge is -2.21. The van der Waals surface area contributed by atoms with Gasteiger partial charge in [-0.2, -0.15) is 0 Å². The molecule has 1 aliphatic rings. The van der Waals surface area contributed by atoms with Crippen molar-refractivity contribution in [3.8, 4) is 0 Å². The summed E-state index contributed by atoms with van der Waals surface area (Å²) in [5, 5.41) is 4.58. The van der Waals surface area contributed by atoms with Gasteiger partial charge in [-0.3, -0.25) is 0 Å². The quantitative estimate of drug-likeness (QED) is 0.879. The molecule has 0 aliphatic carbocycles. The Hall–Kier alpha value is -1.00. The maximum Gasteiger partial charge on any atom is 0.168 e. The number of rotatable bonds is 3. The van der Waals surface area contributed by atoms with E-state index in [0.717, 1.165) is 16.6 Å². The van der Waals surface area contributed by atoms with Crippen LogP contribution in [0.2, 0.25) is 0 Å². The minimum absolute atomic E-state index is 0.838. The Kier molecular flexibility index (Phi) is 4.03. The molecule has 20 heavy (non-hydrogen) atoms. The zero-order valence-corrected chi connectivity index (χ0v) is 13.4. The molecular formula is C16H23N3S. The first kappa shape index (κ1) is 14.0. The topological polar surface area (TPSA) is 29.9 Å². The van der Waals surface area contributed by atoms with E-state index in [1.165, 1.54) is 48.3 Å². The number of aryl methyl sites for hydroxylation is 3. The van der Waals surface area contributed by atoms with Crippen LogP contribution >= 0.6 is 11.8 Å². The van der Waals surface area contributed by atoms with Crippen LogP contribution in [0, 0.1) is 19.8 Å². The predicted molar refractivity (Wildman–Crippen MR) is 86.5 cm³/mol. The SMILES string of the molecule is Cc1cc2nc(SCC3CCNCC3)n(C)c2cc1C. The summed E-state index contributed by atoms with van der Waals surface area (Å²) in [6, 6.07) is 4.46. The lowest BCUT2D eigenvalue weighted by Crippen LogP contribution is -2.28. The Morgan fingerprint density at radius 2 is 1.95 bits per heavy atom. The van der Waals surface area contributed by atoms with Gasteiger partial charge in [0.1, 0.15) is 0 Å². The minimum Gasteiger partial charge on any atom is -0.322 e. The lowest BCUT2D eigenvalue weighted by atomic mass is 10.0. The molecule has 4 heteroatoms. The molecule has 0 unspecified atom stereocenters. The first-order valence-electron chi connectivity index (χ1n) is 7.42. The number of thioether (sulfide) groups is 1. The minimum atomic E-state index is 0.838. The Morgan fingerprint density at radius 3 is 2.70 bits per heavy atom. The molecule has 1 fully saturated rings. The molecule has 0 amide bonds. The van der Waals surface area contributed by atoms with Crippen LogP contribution in [0.5, 0.6) is 0 Å². The average molecular weight is 289 g/mol. The van der Waals surface area contributed by atoms with E-state index in [2.05, 4.69) is 42.9 Å². The van der Waals surface area contributed by atoms with Crippen LogP contribution < -0.4 is 5.32 Å². The van der Waals surface area contributed by atoms with Crippen LogP contribution in [0.3, 0.4) is 0 Å². The Morgan fingerprint density at radius 1 is 1.25 bits per heavy atom. The summed E-state index contributed by atoms with van der Waals surface area (Å²) in [4.78, 5) is 4.81. The summed E-state index contributed by atoms with van der Waals surface area (Å²) in [6.45, 7) is 6.67. The van der Waals surface area contributed by atoms with Crippen molar-refractivity contribution in [3.63, 3.8) is 0 Å². The van der Waals surface area contributed by atoms with E-state index in [9.17, 15) is 0 Å². The normalized spacial score (nSPS) is 16.9. The first-order valence-corrected chi connectivity index (χ1v) is 8.41. The largest absolute Gasteiger partial charge is 0.322 e. The number of nitrogens with one attached hydrogen (secondary N) is 1. The van der Waals surface area contributed by atoms with Crippen molar-refractivity contribution in [1.82, 2.24) is 14.9 Å². The van der Waals surface area contributed by atoms with Crippen molar-refractivity contribution in [1.29, 1.82) is 0 Å². The molecular weight excluding hydrogens is 266 g/mol. The third-order valence-corrected chi connectivity index (χ3v) is 5.62. The molecule has 0 bridgehead atoms. The van der Waals surface area contributed by atoms with Crippen molar-refractivity contribution in [2.75, 3.05) is 18.8 Å². The molecule has 0 saturated carbocycles. The molecule has 2 heterocycles.